The van der Waals surface area contributed by atoms with E-state index in [0.29, 0.717) is 28.7 Å². The molecule has 0 spiro atoms. The minimum atomic E-state index is -0.0735. The lowest BCUT2D eigenvalue weighted by molar-refractivity contribution is -0.167. The van der Waals surface area contributed by atoms with Gasteiger partial charge >= 0.3 is 0 Å². The van der Waals surface area contributed by atoms with Gasteiger partial charge in [0, 0.05) is 6.04 Å². The first-order valence-electron chi connectivity index (χ1n) is 21.9. The molecule has 3 nitrogen and oxygen atoms in total. The molecule has 0 heterocycles. The summed E-state index contributed by atoms with van der Waals surface area (Å²) in [5, 5.41) is 19.5. The second kappa shape index (κ2) is 19.3. The van der Waals surface area contributed by atoms with Gasteiger partial charge in [-0.2, -0.15) is 0 Å². The fraction of sp³-hybridized carbons (Fsp3) is 0.870. The Morgan fingerprint density at radius 1 is 0.694 bits per heavy atom. The minimum Gasteiger partial charge on any atom is -0.393 e. The zero-order chi connectivity index (χ0) is 34.7. The maximum absolute atomic E-state index is 11.8. The molecule has 4 aliphatic rings. The van der Waals surface area contributed by atoms with Crippen molar-refractivity contribution in [2.24, 2.45) is 52.3 Å². The molecule has 0 bridgehead atoms. The maximum atomic E-state index is 11.8. The summed E-state index contributed by atoms with van der Waals surface area (Å²) in [6, 6.07) is 11.6. The van der Waals surface area contributed by atoms with E-state index in [-0.39, 0.29) is 6.10 Å². The Balaban J connectivity index is 0.921. The second-order valence-corrected chi connectivity index (χ2v) is 18.9. The van der Waals surface area contributed by atoms with E-state index in [1.807, 2.05) is 0 Å². The summed E-state index contributed by atoms with van der Waals surface area (Å²) in [6.07, 6.45) is 28.3. The Hall–Kier alpha value is -0.900. The molecule has 3 heteroatoms. The SMILES string of the molecule is CC(C)CCC[C@@H](C)[C@H]1CCC2C3C(CC[C@@]21C)[C@@]1(C)CC[C@H](NCCCNCCCCCCCCCCc2ccccc2)C[C@@H]1C[C@H]3O. The van der Waals surface area contributed by atoms with Crippen molar-refractivity contribution >= 4 is 0 Å². The van der Waals surface area contributed by atoms with Gasteiger partial charge in [-0.25, -0.2) is 0 Å². The molecule has 1 aromatic carbocycles. The van der Waals surface area contributed by atoms with Gasteiger partial charge in [-0.05, 0) is 155 Å². The molecule has 0 aliphatic heterocycles. The quantitative estimate of drug-likeness (QED) is 0.114. The number of aliphatic hydroxyl groups excluding tert-OH is 1. The summed E-state index contributed by atoms with van der Waals surface area (Å²) >= 11 is 0. The molecule has 4 aliphatic carbocycles. The number of hydrogen-bond donors (Lipinski definition) is 3. The summed E-state index contributed by atoms with van der Waals surface area (Å²) in [6.45, 7) is 16.1. The largest absolute Gasteiger partial charge is 0.393 e. The van der Waals surface area contributed by atoms with Gasteiger partial charge < -0.3 is 15.7 Å². The number of benzene rings is 1. The van der Waals surface area contributed by atoms with E-state index < -0.39 is 0 Å². The lowest BCUT2D eigenvalue weighted by Crippen LogP contribution is -2.59. The highest BCUT2D eigenvalue weighted by atomic mass is 16.3. The van der Waals surface area contributed by atoms with E-state index in [1.165, 1.54) is 141 Å². The third kappa shape index (κ3) is 10.4. The molecule has 1 aromatic rings. The van der Waals surface area contributed by atoms with E-state index in [0.717, 1.165) is 49.1 Å². The molecular formula is C46H80N2O. The average molecular weight is 677 g/mol. The highest BCUT2D eigenvalue weighted by Gasteiger charge is 2.62. The van der Waals surface area contributed by atoms with Crippen molar-refractivity contribution in [1.82, 2.24) is 10.6 Å². The molecule has 0 aromatic heterocycles. The van der Waals surface area contributed by atoms with Crippen LogP contribution in [0, 0.1) is 52.3 Å². The van der Waals surface area contributed by atoms with Crippen LogP contribution < -0.4 is 10.6 Å². The highest BCUT2D eigenvalue weighted by molar-refractivity contribution is 5.15. The van der Waals surface area contributed by atoms with Crippen LogP contribution in [0.5, 0.6) is 0 Å². The Morgan fingerprint density at radius 3 is 2.12 bits per heavy atom. The summed E-state index contributed by atoms with van der Waals surface area (Å²) < 4.78 is 0. The van der Waals surface area contributed by atoms with Crippen molar-refractivity contribution in [3.8, 4) is 0 Å². The monoisotopic (exact) mass is 677 g/mol. The van der Waals surface area contributed by atoms with Gasteiger partial charge in [0.05, 0.1) is 6.10 Å². The number of rotatable bonds is 21. The Kier molecular flexibility index (Phi) is 15.4. The molecule has 49 heavy (non-hydrogen) atoms. The summed E-state index contributed by atoms with van der Waals surface area (Å²) in [7, 11) is 0. The van der Waals surface area contributed by atoms with Gasteiger partial charge in [0.25, 0.3) is 0 Å². The highest BCUT2D eigenvalue weighted by Crippen LogP contribution is 2.68. The lowest BCUT2D eigenvalue weighted by atomic mass is 9.43. The molecule has 0 radical (unpaired) electrons. The second-order valence-electron chi connectivity index (χ2n) is 18.9. The van der Waals surface area contributed by atoms with Gasteiger partial charge in [-0.3, -0.25) is 0 Å². The van der Waals surface area contributed by atoms with Crippen molar-refractivity contribution in [2.45, 2.75) is 182 Å². The Morgan fingerprint density at radius 2 is 1.37 bits per heavy atom. The van der Waals surface area contributed by atoms with E-state index in [1.54, 1.807) is 0 Å². The minimum absolute atomic E-state index is 0.0735. The molecule has 5 rings (SSSR count). The van der Waals surface area contributed by atoms with Gasteiger partial charge in [-0.1, -0.05) is 123 Å². The van der Waals surface area contributed by atoms with Crippen molar-refractivity contribution in [3.05, 3.63) is 35.9 Å². The predicted octanol–water partition coefficient (Wildman–Crippen LogP) is 11.4. The molecule has 10 atom stereocenters. The predicted molar refractivity (Wildman–Crippen MR) is 211 cm³/mol. The fourth-order valence-electron chi connectivity index (χ4n) is 12.4. The van der Waals surface area contributed by atoms with Crippen LogP contribution in [0.3, 0.4) is 0 Å². The van der Waals surface area contributed by atoms with Crippen LogP contribution in [0.15, 0.2) is 30.3 Å². The third-order valence-corrected chi connectivity index (χ3v) is 15.3. The van der Waals surface area contributed by atoms with E-state index >= 15 is 0 Å². The summed E-state index contributed by atoms with van der Waals surface area (Å²) in [5.74, 6) is 5.27. The normalized spacial score (nSPS) is 34.8. The van der Waals surface area contributed by atoms with Crippen LogP contribution in [0.4, 0.5) is 0 Å². The topological polar surface area (TPSA) is 44.3 Å². The smallest absolute Gasteiger partial charge is 0.0577 e. The van der Waals surface area contributed by atoms with Crippen molar-refractivity contribution in [2.75, 3.05) is 19.6 Å². The van der Waals surface area contributed by atoms with Gasteiger partial charge in [0.1, 0.15) is 0 Å². The molecule has 3 unspecified atom stereocenters. The zero-order valence-corrected chi connectivity index (χ0v) is 33.0. The number of unbranched alkanes of at least 4 members (excludes halogenated alkanes) is 7. The first kappa shape index (κ1) is 39.3. The first-order chi connectivity index (χ1) is 23.7. The first-order valence-corrected chi connectivity index (χ1v) is 21.9. The lowest BCUT2D eigenvalue weighted by Gasteiger charge is -2.62. The summed E-state index contributed by atoms with van der Waals surface area (Å²) in [5.41, 5.74) is 2.39. The van der Waals surface area contributed by atoms with Gasteiger partial charge in [0.15, 0.2) is 0 Å². The number of fused-ring (bicyclic) bond motifs is 5. The van der Waals surface area contributed by atoms with Crippen LogP contribution in [0.25, 0.3) is 0 Å². The van der Waals surface area contributed by atoms with Crippen LogP contribution in [0.2, 0.25) is 0 Å². The summed E-state index contributed by atoms with van der Waals surface area (Å²) in [4.78, 5) is 0. The van der Waals surface area contributed by atoms with Crippen LogP contribution in [-0.2, 0) is 6.42 Å². The molecular weight excluding hydrogens is 597 g/mol. The van der Waals surface area contributed by atoms with Gasteiger partial charge in [0.2, 0.25) is 0 Å². The van der Waals surface area contributed by atoms with Crippen LogP contribution in [-0.4, -0.2) is 36.9 Å². The van der Waals surface area contributed by atoms with Crippen molar-refractivity contribution < 1.29 is 5.11 Å². The number of nitrogens with one attached hydrogen (secondary N) is 2. The van der Waals surface area contributed by atoms with Gasteiger partial charge in [-0.15, -0.1) is 0 Å². The Labute approximate surface area is 304 Å². The third-order valence-electron chi connectivity index (χ3n) is 15.3. The molecule has 0 saturated heterocycles. The molecule has 280 valence electrons. The molecule has 4 saturated carbocycles. The fourth-order valence-corrected chi connectivity index (χ4v) is 12.4. The zero-order valence-electron chi connectivity index (χ0n) is 33.0. The number of hydrogen-bond acceptors (Lipinski definition) is 3. The van der Waals surface area contributed by atoms with Crippen molar-refractivity contribution in [1.29, 1.82) is 0 Å². The van der Waals surface area contributed by atoms with E-state index in [9.17, 15) is 5.11 Å². The molecule has 3 N–H and O–H groups in total. The standard InChI is InChI=1S/C46H80N2O/c1-35(2)19-17-20-36(3)40-24-25-41-44-42(27-29-46(40,41)5)45(4)28-26-39(33-38(45)34-43(44)49)48-32-18-31-47-30-16-11-9-7-6-8-10-13-21-37-22-14-12-15-23-37/h12,14-15,22-23,35-36,38-44,47-49H,6-11,13,16-21,24-34H2,1-5H3/t36-,38-,39+,40-,41?,42?,43-,44?,45+,46-/m1/s1. The average Bonchev–Trinajstić information content (AvgIpc) is 3.44. The van der Waals surface area contributed by atoms with Crippen LogP contribution >= 0.6 is 0 Å². The molecule has 0 amide bonds. The van der Waals surface area contributed by atoms with E-state index in [2.05, 4.69) is 75.6 Å². The van der Waals surface area contributed by atoms with Crippen LogP contribution in [0.1, 0.15) is 169 Å². The number of aryl methyl sites for hydroxylation is 1. The van der Waals surface area contributed by atoms with E-state index in [4.69, 9.17) is 0 Å². The Bertz CT molecular complexity index is 1060. The molecule has 4 fully saturated rings. The maximum Gasteiger partial charge on any atom is 0.0577 e. The van der Waals surface area contributed by atoms with Crippen molar-refractivity contribution in [3.63, 3.8) is 0 Å². The number of aliphatic hydroxyl groups is 1.